The van der Waals surface area contributed by atoms with E-state index in [2.05, 4.69) is 0 Å². The number of likely N-dealkylation sites (tertiary alicyclic amines) is 1. The molecular weight excluding hydrogens is 253 g/mol. The van der Waals surface area contributed by atoms with Gasteiger partial charge in [-0.3, -0.25) is 9.59 Å². The molecule has 2 fully saturated rings. The Hall–Kier alpha value is -1.23. The molecule has 1 amide bonds. The molecule has 3 atom stereocenters. The first-order valence-electron chi connectivity index (χ1n) is 6.10. The third kappa shape index (κ3) is 1.77. The lowest BCUT2D eigenvalue weighted by Gasteiger charge is -2.16. The number of ketones is 1. The summed E-state index contributed by atoms with van der Waals surface area (Å²) in [5, 5.41) is 0. The van der Waals surface area contributed by atoms with Crippen LogP contribution < -0.4 is 0 Å². The van der Waals surface area contributed by atoms with Gasteiger partial charge in [0, 0.05) is 23.9 Å². The van der Waals surface area contributed by atoms with E-state index in [4.69, 9.17) is 0 Å². The molecule has 18 heavy (non-hydrogen) atoms. The summed E-state index contributed by atoms with van der Waals surface area (Å²) in [4.78, 5) is 27.3. The Kier molecular flexibility index (Phi) is 2.73. The highest BCUT2D eigenvalue weighted by Gasteiger charge is 2.48. The number of hydrogen-bond acceptors (Lipinski definition) is 3. The predicted molar refractivity (Wildman–Crippen MR) is 66.5 cm³/mol. The maximum Gasteiger partial charge on any atom is 0.263 e. The van der Waals surface area contributed by atoms with Gasteiger partial charge in [-0.25, -0.2) is 4.39 Å². The second-order valence-electron chi connectivity index (χ2n) is 5.09. The number of rotatable bonds is 1. The Morgan fingerprint density at radius 2 is 2.22 bits per heavy atom. The number of halogens is 1. The minimum Gasteiger partial charge on any atom is -0.337 e. The van der Waals surface area contributed by atoms with E-state index in [1.165, 1.54) is 11.3 Å². The summed E-state index contributed by atoms with van der Waals surface area (Å²) in [6.07, 6.45) is -1.02. The van der Waals surface area contributed by atoms with Crippen LogP contribution in [0.5, 0.6) is 0 Å². The fraction of sp³-hybridized carbons (Fsp3) is 0.538. The summed E-state index contributed by atoms with van der Waals surface area (Å²) < 4.78 is 13.2. The van der Waals surface area contributed by atoms with E-state index < -0.39 is 6.17 Å². The molecule has 2 heterocycles. The molecule has 0 bridgehead atoms. The van der Waals surface area contributed by atoms with Crippen molar-refractivity contribution >= 4 is 23.0 Å². The molecule has 0 spiro atoms. The summed E-state index contributed by atoms with van der Waals surface area (Å²) in [5.41, 5.74) is 0. The number of carbonyl (C=O) groups excluding carboxylic acids is 2. The number of thiophene rings is 1. The molecule has 0 aromatic carbocycles. The van der Waals surface area contributed by atoms with Crippen LogP contribution in [0.4, 0.5) is 4.39 Å². The van der Waals surface area contributed by atoms with Gasteiger partial charge in [0.15, 0.2) is 12.0 Å². The van der Waals surface area contributed by atoms with Gasteiger partial charge in [0.1, 0.15) is 0 Å². The number of aryl methyl sites for hydroxylation is 1. The third-order valence-electron chi connectivity index (χ3n) is 3.86. The Morgan fingerprint density at radius 3 is 2.83 bits per heavy atom. The zero-order valence-corrected chi connectivity index (χ0v) is 10.9. The molecule has 2 unspecified atom stereocenters. The lowest BCUT2D eigenvalue weighted by Crippen LogP contribution is -2.31. The van der Waals surface area contributed by atoms with Crippen LogP contribution in [0.1, 0.15) is 21.0 Å². The summed E-state index contributed by atoms with van der Waals surface area (Å²) >= 11 is 1.46. The number of carbonyl (C=O) groups is 2. The molecule has 1 saturated heterocycles. The number of hydrogen-bond donors (Lipinski definition) is 0. The minimum absolute atomic E-state index is 0.0225. The average Bonchev–Trinajstić information content (AvgIpc) is 2.98. The Morgan fingerprint density at radius 1 is 1.44 bits per heavy atom. The Labute approximate surface area is 109 Å². The minimum atomic E-state index is -1.30. The fourth-order valence-electron chi connectivity index (χ4n) is 2.92. The van der Waals surface area contributed by atoms with E-state index in [0.29, 0.717) is 18.0 Å². The van der Waals surface area contributed by atoms with Crippen molar-refractivity contribution in [2.75, 3.05) is 13.1 Å². The van der Waals surface area contributed by atoms with Gasteiger partial charge < -0.3 is 4.90 Å². The summed E-state index contributed by atoms with van der Waals surface area (Å²) in [5.74, 6) is -0.578. The summed E-state index contributed by atoms with van der Waals surface area (Å²) in [7, 11) is 0. The van der Waals surface area contributed by atoms with E-state index >= 15 is 0 Å². The molecular formula is C13H14FNO2S. The molecule has 1 saturated carbocycles. The molecule has 5 heteroatoms. The third-order valence-corrected chi connectivity index (χ3v) is 4.85. The summed E-state index contributed by atoms with van der Waals surface area (Å²) in [6, 6.07) is 3.73. The quantitative estimate of drug-likeness (QED) is 0.781. The van der Waals surface area contributed by atoms with Crippen LogP contribution >= 0.6 is 11.3 Å². The van der Waals surface area contributed by atoms with Crippen LogP contribution in [-0.2, 0) is 4.79 Å². The van der Waals surface area contributed by atoms with Crippen molar-refractivity contribution in [3.63, 3.8) is 0 Å². The molecule has 1 aromatic rings. The number of Topliss-reactive ketones (excluding diaryl/α,β-unsaturated/α-hetero) is 1. The molecule has 3 rings (SSSR count). The maximum absolute atomic E-state index is 13.2. The topological polar surface area (TPSA) is 37.4 Å². The molecule has 3 nitrogen and oxygen atoms in total. The fourth-order valence-corrected chi connectivity index (χ4v) is 3.75. The smallest absolute Gasteiger partial charge is 0.263 e. The first-order valence-corrected chi connectivity index (χ1v) is 6.91. The van der Waals surface area contributed by atoms with Crippen LogP contribution in [0.15, 0.2) is 12.1 Å². The molecule has 0 N–H and O–H groups in total. The molecule has 1 aliphatic carbocycles. The number of alkyl halides is 1. The van der Waals surface area contributed by atoms with Crippen molar-refractivity contribution in [2.24, 2.45) is 11.8 Å². The van der Waals surface area contributed by atoms with Crippen LogP contribution in [-0.4, -0.2) is 35.9 Å². The molecule has 96 valence electrons. The van der Waals surface area contributed by atoms with E-state index in [9.17, 15) is 14.0 Å². The highest BCUT2D eigenvalue weighted by molar-refractivity contribution is 7.13. The van der Waals surface area contributed by atoms with Crippen molar-refractivity contribution in [1.82, 2.24) is 4.90 Å². The lowest BCUT2D eigenvalue weighted by atomic mass is 10.0. The predicted octanol–water partition coefficient (Wildman–Crippen LogP) is 2.06. The van der Waals surface area contributed by atoms with Gasteiger partial charge in [-0.15, -0.1) is 11.3 Å². The zero-order valence-electron chi connectivity index (χ0n) is 10.1. The van der Waals surface area contributed by atoms with Gasteiger partial charge in [-0.2, -0.15) is 0 Å². The average molecular weight is 267 g/mol. The maximum atomic E-state index is 13.2. The number of nitrogens with zero attached hydrogens (tertiary/aromatic N) is 1. The zero-order chi connectivity index (χ0) is 12.9. The van der Waals surface area contributed by atoms with Gasteiger partial charge in [0.05, 0.1) is 4.88 Å². The van der Waals surface area contributed by atoms with Crippen molar-refractivity contribution in [1.29, 1.82) is 0 Å². The summed E-state index contributed by atoms with van der Waals surface area (Å²) in [6.45, 7) is 2.86. The number of amides is 1. The second-order valence-corrected chi connectivity index (χ2v) is 6.38. The van der Waals surface area contributed by atoms with E-state index in [-0.39, 0.29) is 29.9 Å². The normalized spacial score (nSPS) is 30.9. The van der Waals surface area contributed by atoms with Gasteiger partial charge >= 0.3 is 0 Å². The van der Waals surface area contributed by atoms with Crippen molar-refractivity contribution < 1.29 is 14.0 Å². The molecule has 1 aromatic heterocycles. The largest absolute Gasteiger partial charge is 0.337 e. The van der Waals surface area contributed by atoms with Crippen LogP contribution in [0, 0.1) is 18.8 Å². The Balaban J connectivity index is 1.74. The van der Waals surface area contributed by atoms with Crippen molar-refractivity contribution in [2.45, 2.75) is 19.5 Å². The monoisotopic (exact) mass is 267 g/mol. The second kappa shape index (κ2) is 4.16. The SMILES string of the molecule is Cc1ccc(C(=O)N2CC3C(=O)C(F)C[C@H]3C2)s1. The van der Waals surface area contributed by atoms with Crippen LogP contribution in [0.3, 0.4) is 0 Å². The van der Waals surface area contributed by atoms with Gasteiger partial charge in [0.25, 0.3) is 5.91 Å². The van der Waals surface area contributed by atoms with Crippen LogP contribution in [0.2, 0.25) is 0 Å². The lowest BCUT2D eigenvalue weighted by molar-refractivity contribution is -0.124. The molecule has 1 aliphatic heterocycles. The van der Waals surface area contributed by atoms with Crippen LogP contribution in [0.25, 0.3) is 0 Å². The van der Waals surface area contributed by atoms with Gasteiger partial charge in [0.2, 0.25) is 0 Å². The van der Waals surface area contributed by atoms with Crippen molar-refractivity contribution in [3.05, 3.63) is 21.9 Å². The van der Waals surface area contributed by atoms with E-state index in [0.717, 1.165) is 4.88 Å². The first-order chi connectivity index (χ1) is 8.56. The van der Waals surface area contributed by atoms with E-state index in [1.807, 2.05) is 19.1 Å². The van der Waals surface area contributed by atoms with Gasteiger partial charge in [-0.05, 0) is 31.4 Å². The standard InChI is InChI=1S/C13H14FNO2S/c1-7-2-3-11(18-7)13(17)15-5-8-4-10(14)12(16)9(8)6-15/h2-3,8-10H,4-6H2,1H3/t8-,9?,10?/m0/s1. The highest BCUT2D eigenvalue weighted by Crippen LogP contribution is 2.37. The van der Waals surface area contributed by atoms with Gasteiger partial charge in [-0.1, -0.05) is 0 Å². The molecule has 0 radical (unpaired) electrons. The van der Waals surface area contributed by atoms with Crippen molar-refractivity contribution in [3.8, 4) is 0 Å². The van der Waals surface area contributed by atoms with E-state index in [1.54, 1.807) is 4.90 Å². The first kappa shape index (κ1) is 11.8. The highest BCUT2D eigenvalue weighted by atomic mass is 32.1. The molecule has 2 aliphatic rings. The Bertz CT molecular complexity index is 513. The number of fused-ring (bicyclic) bond motifs is 1.